The van der Waals surface area contributed by atoms with E-state index in [1.165, 1.54) is 12.3 Å². The van der Waals surface area contributed by atoms with Crippen molar-refractivity contribution in [2.24, 2.45) is 4.99 Å². The zero-order chi connectivity index (χ0) is 8.27. The minimum Gasteiger partial charge on any atom is -0.469 e. The second-order valence-corrected chi connectivity index (χ2v) is 1.95. The van der Waals surface area contributed by atoms with Crippen molar-refractivity contribution >= 4 is 12.0 Å². The lowest BCUT2D eigenvalue weighted by Crippen LogP contribution is -1.89. The summed E-state index contributed by atoms with van der Waals surface area (Å²) in [6.45, 7) is 1.70. The van der Waals surface area contributed by atoms with Gasteiger partial charge >= 0.3 is 0 Å². The number of rotatable bonds is 1. The van der Waals surface area contributed by atoms with Gasteiger partial charge in [0.2, 0.25) is 6.08 Å². The highest BCUT2D eigenvalue weighted by Gasteiger charge is 2.05. The summed E-state index contributed by atoms with van der Waals surface area (Å²) in [5.41, 5.74) is 0.269. The average molecular weight is 151 g/mol. The molecule has 0 aliphatic carbocycles. The van der Waals surface area contributed by atoms with Crippen LogP contribution >= 0.6 is 0 Å². The predicted molar refractivity (Wildman–Crippen MR) is 35.9 cm³/mol. The number of nitrogens with zero attached hydrogens (tertiary/aromatic N) is 1. The molecule has 1 heterocycles. The molecule has 4 heteroatoms. The van der Waals surface area contributed by atoms with Gasteiger partial charge in [-0.25, -0.2) is 4.79 Å². The van der Waals surface area contributed by atoms with Crippen LogP contribution < -0.4 is 0 Å². The summed E-state index contributed by atoms with van der Waals surface area (Å²) in [6.07, 6.45) is 2.41. The van der Waals surface area contributed by atoms with Crippen LogP contribution in [-0.4, -0.2) is 12.0 Å². The Hall–Kier alpha value is -1.67. The van der Waals surface area contributed by atoms with E-state index in [1.54, 1.807) is 6.92 Å². The molecule has 1 aromatic rings. The lowest BCUT2D eigenvalue weighted by atomic mass is 10.3. The summed E-state index contributed by atoms with van der Waals surface area (Å²) in [5.74, 6) is -0.0219. The molecular weight excluding hydrogens is 146 g/mol. The van der Waals surface area contributed by atoms with Crippen molar-refractivity contribution in [2.45, 2.75) is 6.92 Å². The van der Waals surface area contributed by atoms with Gasteiger partial charge in [-0.05, 0) is 13.0 Å². The topological polar surface area (TPSA) is 59.6 Å². The summed E-state index contributed by atoms with van der Waals surface area (Å²) in [5, 5.41) is 0. The van der Waals surface area contributed by atoms with Gasteiger partial charge in [0.05, 0.1) is 5.56 Å². The standard InChI is InChI=1S/C7H5NO3/c1-5-2-6(3-11-5)7(10)8-4-9/h2-3H,1H3. The molecule has 11 heavy (non-hydrogen) atoms. The number of isocyanates is 1. The average Bonchev–Trinajstić information content (AvgIpc) is 2.36. The molecular formula is C7H5NO3. The first-order valence-electron chi connectivity index (χ1n) is 2.91. The molecule has 0 bridgehead atoms. The molecule has 0 unspecified atom stereocenters. The Balaban J connectivity index is 2.93. The van der Waals surface area contributed by atoms with E-state index in [9.17, 15) is 9.59 Å². The highest BCUT2D eigenvalue weighted by Crippen LogP contribution is 2.06. The molecule has 0 radical (unpaired) electrons. The van der Waals surface area contributed by atoms with Gasteiger partial charge < -0.3 is 4.42 Å². The molecule has 0 spiro atoms. The van der Waals surface area contributed by atoms with E-state index in [1.807, 2.05) is 0 Å². The van der Waals surface area contributed by atoms with E-state index in [4.69, 9.17) is 4.42 Å². The fourth-order valence-corrected chi connectivity index (χ4v) is 0.662. The summed E-state index contributed by atoms with van der Waals surface area (Å²) in [6, 6.07) is 1.50. The van der Waals surface area contributed by atoms with E-state index >= 15 is 0 Å². The molecule has 0 aliphatic heterocycles. The summed E-state index contributed by atoms with van der Waals surface area (Å²) in [4.78, 5) is 23.3. The van der Waals surface area contributed by atoms with Crippen LogP contribution in [0.4, 0.5) is 0 Å². The van der Waals surface area contributed by atoms with Gasteiger partial charge in [0.1, 0.15) is 12.0 Å². The van der Waals surface area contributed by atoms with Crippen LogP contribution in [0.1, 0.15) is 16.1 Å². The first-order chi connectivity index (χ1) is 5.24. The molecule has 0 saturated heterocycles. The molecule has 4 nitrogen and oxygen atoms in total. The van der Waals surface area contributed by atoms with Crippen molar-refractivity contribution in [3.05, 3.63) is 23.7 Å². The third kappa shape index (κ3) is 1.63. The molecule has 0 aromatic carbocycles. The number of carbonyl (C=O) groups excluding carboxylic acids is 2. The van der Waals surface area contributed by atoms with Crippen LogP contribution in [-0.2, 0) is 4.79 Å². The highest BCUT2D eigenvalue weighted by atomic mass is 16.3. The van der Waals surface area contributed by atoms with Crippen molar-refractivity contribution in [3.8, 4) is 0 Å². The van der Waals surface area contributed by atoms with Crippen LogP contribution in [0.2, 0.25) is 0 Å². The molecule has 0 fully saturated rings. The Kier molecular flexibility index (Phi) is 1.99. The Labute approximate surface area is 62.5 Å². The van der Waals surface area contributed by atoms with Crippen molar-refractivity contribution in [2.75, 3.05) is 0 Å². The van der Waals surface area contributed by atoms with Crippen LogP contribution in [0.3, 0.4) is 0 Å². The minimum absolute atomic E-state index is 0.269. The van der Waals surface area contributed by atoms with Crippen molar-refractivity contribution in [1.29, 1.82) is 0 Å². The van der Waals surface area contributed by atoms with Crippen LogP contribution in [0, 0.1) is 6.92 Å². The zero-order valence-corrected chi connectivity index (χ0v) is 5.83. The Morgan fingerprint density at radius 1 is 1.73 bits per heavy atom. The van der Waals surface area contributed by atoms with Crippen molar-refractivity contribution in [3.63, 3.8) is 0 Å². The van der Waals surface area contributed by atoms with E-state index in [2.05, 4.69) is 4.99 Å². The van der Waals surface area contributed by atoms with E-state index in [-0.39, 0.29) is 5.56 Å². The summed E-state index contributed by atoms with van der Waals surface area (Å²) >= 11 is 0. The number of hydrogen-bond donors (Lipinski definition) is 0. The zero-order valence-electron chi connectivity index (χ0n) is 5.83. The normalized spacial score (nSPS) is 8.82. The quantitative estimate of drug-likeness (QED) is 0.445. The maximum absolute atomic E-state index is 10.8. The molecule has 1 rings (SSSR count). The van der Waals surface area contributed by atoms with E-state index < -0.39 is 5.91 Å². The van der Waals surface area contributed by atoms with Crippen molar-refractivity contribution in [1.82, 2.24) is 0 Å². The summed E-state index contributed by atoms with van der Waals surface area (Å²) < 4.78 is 4.82. The lowest BCUT2D eigenvalue weighted by Gasteiger charge is -1.78. The molecule has 1 aromatic heterocycles. The van der Waals surface area contributed by atoms with E-state index in [0.717, 1.165) is 6.08 Å². The molecule has 56 valence electrons. The van der Waals surface area contributed by atoms with Gasteiger partial charge in [0.15, 0.2) is 0 Å². The van der Waals surface area contributed by atoms with Gasteiger partial charge in [0.25, 0.3) is 5.91 Å². The molecule has 0 N–H and O–H groups in total. The third-order valence-corrected chi connectivity index (χ3v) is 1.12. The fourth-order valence-electron chi connectivity index (χ4n) is 0.662. The lowest BCUT2D eigenvalue weighted by molar-refractivity contribution is 0.100. The van der Waals surface area contributed by atoms with Crippen LogP contribution in [0.25, 0.3) is 0 Å². The molecule has 0 aliphatic rings. The SMILES string of the molecule is Cc1cc(C(=O)N=C=O)co1. The summed E-state index contributed by atoms with van der Waals surface area (Å²) in [7, 11) is 0. The number of aryl methyl sites for hydroxylation is 1. The van der Waals surface area contributed by atoms with Gasteiger partial charge in [-0.1, -0.05) is 0 Å². The smallest absolute Gasteiger partial charge is 0.290 e. The maximum Gasteiger partial charge on any atom is 0.290 e. The highest BCUT2D eigenvalue weighted by molar-refractivity contribution is 5.97. The second-order valence-electron chi connectivity index (χ2n) is 1.95. The minimum atomic E-state index is -0.628. The Morgan fingerprint density at radius 2 is 2.45 bits per heavy atom. The van der Waals surface area contributed by atoms with Crippen molar-refractivity contribution < 1.29 is 14.0 Å². The first kappa shape index (κ1) is 7.44. The van der Waals surface area contributed by atoms with Gasteiger partial charge in [-0.3, -0.25) is 4.79 Å². The predicted octanol–water partition coefficient (Wildman–Crippen LogP) is 1.06. The third-order valence-electron chi connectivity index (χ3n) is 1.12. The van der Waals surface area contributed by atoms with Gasteiger partial charge in [0, 0.05) is 0 Å². The number of furan rings is 1. The maximum atomic E-state index is 10.8. The monoisotopic (exact) mass is 151 g/mol. The largest absolute Gasteiger partial charge is 0.469 e. The first-order valence-corrected chi connectivity index (χ1v) is 2.91. The fraction of sp³-hybridized carbons (Fsp3) is 0.143. The Bertz CT molecular complexity index is 320. The number of carbonyl (C=O) groups is 1. The van der Waals surface area contributed by atoms with E-state index in [0.29, 0.717) is 5.76 Å². The van der Waals surface area contributed by atoms with Gasteiger partial charge in [-0.2, -0.15) is 0 Å². The number of aliphatic imine (C=N–C) groups is 1. The Morgan fingerprint density at radius 3 is 2.91 bits per heavy atom. The second kappa shape index (κ2) is 2.94. The number of amides is 1. The van der Waals surface area contributed by atoms with Gasteiger partial charge in [-0.15, -0.1) is 4.99 Å². The number of hydrogen-bond acceptors (Lipinski definition) is 3. The van der Waals surface area contributed by atoms with Crippen LogP contribution in [0.15, 0.2) is 21.7 Å². The molecule has 0 atom stereocenters. The molecule has 0 saturated carbocycles. The van der Waals surface area contributed by atoms with Crippen LogP contribution in [0.5, 0.6) is 0 Å². The molecule has 1 amide bonds.